The summed E-state index contributed by atoms with van der Waals surface area (Å²) in [5, 5.41) is 0. The summed E-state index contributed by atoms with van der Waals surface area (Å²) in [5.74, 6) is 0.226. The SMILES string of the molecule is CCCN(C(=O)c1ccc(C)s1)C1CCN(C(=O)c2ccccc2)CC1. The number of aryl methyl sites for hydroxylation is 1. The molecule has 4 nitrogen and oxygen atoms in total. The van der Waals surface area contributed by atoms with Crippen molar-refractivity contribution in [2.45, 2.75) is 39.2 Å². The van der Waals surface area contributed by atoms with Gasteiger partial charge in [-0.1, -0.05) is 25.1 Å². The van der Waals surface area contributed by atoms with Crippen LogP contribution < -0.4 is 0 Å². The lowest BCUT2D eigenvalue weighted by molar-refractivity contribution is 0.0522. The van der Waals surface area contributed by atoms with Gasteiger partial charge in [-0.25, -0.2) is 0 Å². The molecule has 0 N–H and O–H groups in total. The lowest BCUT2D eigenvalue weighted by Crippen LogP contribution is -2.49. The first-order valence-corrected chi connectivity index (χ1v) is 10.1. The second-order valence-electron chi connectivity index (χ2n) is 6.80. The summed E-state index contributed by atoms with van der Waals surface area (Å²) < 4.78 is 0. The summed E-state index contributed by atoms with van der Waals surface area (Å²) in [6.45, 7) is 6.31. The topological polar surface area (TPSA) is 40.6 Å². The Morgan fingerprint density at radius 2 is 1.81 bits per heavy atom. The fraction of sp³-hybridized carbons (Fsp3) is 0.429. The quantitative estimate of drug-likeness (QED) is 0.791. The highest BCUT2D eigenvalue weighted by molar-refractivity contribution is 7.13. The van der Waals surface area contributed by atoms with Crippen LogP contribution in [0.2, 0.25) is 0 Å². The number of likely N-dealkylation sites (tertiary alicyclic amines) is 1. The second kappa shape index (κ2) is 8.49. The van der Waals surface area contributed by atoms with Crippen molar-refractivity contribution >= 4 is 23.2 Å². The van der Waals surface area contributed by atoms with Crippen LogP contribution in [0.15, 0.2) is 42.5 Å². The lowest BCUT2D eigenvalue weighted by Gasteiger charge is -2.38. The van der Waals surface area contributed by atoms with Crippen LogP contribution in [0.1, 0.15) is 51.1 Å². The number of piperidine rings is 1. The fourth-order valence-corrected chi connectivity index (χ4v) is 4.35. The van der Waals surface area contributed by atoms with Crippen LogP contribution in [0.3, 0.4) is 0 Å². The molecule has 0 unspecified atom stereocenters. The standard InChI is InChI=1S/C21H26N2O2S/c1-3-13-23(21(25)19-10-9-16(2)26-19)18-11-14-22(15-12-18)20(24)17-7-5-4-6-8-17/h4-10,18H,3,11-15H2,1-2H3. The molecule has 1 aromatic heterocycles. The van der Waals surface area contributed by atoms with Crippen molar-refractivity contribution in [2.75, 3.05) is 19.6 Å². The molecule has 0 saturated carbocycles. The maximum absolute atomic E-state index is 12.9. The number of nitrogens with zero attached hydrogens (tertiary/aromatic N) is 2. The van der Waals surface area contributed by atoms with E-state index in [2.05, 4.69) is 6.92 Å². The number of hydrogen-bond acceptors (Lipinski definition) is 3. The Bertz CT molecular complexity index is 748. The third-order valence-electron chi connectivity index (χ3n) is 4.89. The van der Waals surface area contributed by atoms with E-state index in [9.17, 15) is 9.59 Å². The molecule has 2 amide bonds. The highest BCUT2D eigenvalue weighted by atomic mass is 32.1. The van der Waals surface area contributed by atoms with Crippen molar-refractivity contribution in [1.82, 2.24) is 9.80 Å². The molecule has 26 heavy (non-hydrogen) atoms. The molecule has 2 aromatic rings. The van der Waals surface area contributed by atoms with E-state index in [1.807, 2.05) is 59.2 Å². The Morgan fingerprint density at radius 3 is 2.38 bits per heavy atom. The zero-order chi connectivity index (χ0) is 18.5. The molecule has 1 aliphatic rings. The van der Waals surface area contributed by atoms with E-state index >= 15 is 0 Å². The molecule has 5 heteroatoms. The second-order valence-corrected chi connectivity index (χ2v) is 8.09. The van der Waals surface area contributed by atoms with Crippen LogP contribution in [-0.4, -0.2) is 47.3 Å². The maximum Gasteiger partial charge on any atom is 0.264 e. The Morgan fingerprint density at radius 1 is 1.12 bits per heavy atom. The first kappa shape index (κ1) is 18.6. The van der Waals surface area contributed by atoms with Crippen LogP contribution in [0, 0.1) is 6.92 Å². The number of carbonyl (C=O) groups excluding carboxylic acids is 2. The van der Waals surface area contributed by atoms with Gasteiger partial charge in [0.15, 0.2) is 0 Å². The zero-order valence-corrected chi connectivity index (χ0v) is 16.3. The van der Waals surface area contributed by atoms with Gasteiger partial charge in [0.1, 0.15) is 0 Å². The smallest absolute Gasteiger partial charge is 0.264 e. The Labute approximate surface area is 159 Å². The minimum absolute atomic E-state index is 0.0892. The number of benzene rings is 1. The van der Waals surface area contributed by atoms with Gasteiger partial charge >= 0.3 is 0 Å². The summed E-state index contributed by atoms with van der Waals surface area (Å²) in [6, 6.07) is 13.6. The normalized spacial score (nSPS) is 15.1. The van der Waals surface area contributed by atoms with E-state index in [0.717, 1.165) is 41.1 Å². The summed E-state index contributed by atoms with van der Waals surface area (Å²) >= 11 is 1.56. The Balaban J connectivity index is 1.64. The predicted octanol–water partition coefficient (Wildman–Crippen LogP) is 4.21. The third kappa shape index (κ3) is 4.15. The van der Waals surface area contributed by atoms with Crippen LogP contribution in [0.4, 0.5) is 0 Å². The Hall–Kier alpha value is -2.14. The molecule has 0 aliphatic carbocycles. The number of carbonyl (C=O) groups is 2. The van der Waals surface area contributed by atoms with E-state index in [0.29, 0.717) is 13.1 Å². The summed E-state index contributed by atoms with van der Waals surface area (Å²) in [6.07, 6.45) is 2.63. The molecular formula is C21H26N2O2S. The molecule has 2 heterocycles. The van der Waals surface area contributed by atoms with Crippen LogP contribution >= 0.6 is 11.3 Å². The average molecular weight is 371 g/mol. The van der Waals surface area contributed by atoms with Gasteiger partial charge in [-0.2, -0.15) is 0 Å². The highest BCUT2D eigenvalue weighted by Crippen LogP contribution is 2.23. The number of rotatable bonds is 5. The molecular weight excluding hydrogens is 344 g/mol. The molecule has 0 bridgehead atoms. The van der Waals surface area contributed by atoms with Crippen molar-refractivity contribution < 1.29 is 9.59 Å². The highest BCUT2D eigenvalue weighted by Gasteiger charge is 2.30. The monoisotopic (exact) mass is 370 g/mol. The van der Waals surface area contributed by atoms with Crippen molar-refractivity contribution in [1.29, 1.82) is 0 Å². The molecule has 0 atom stereocenters. The molecule has 1 fully saturated rings. The van der Waals surface area contributed by atoms with Crippen molar-refractivity contribution in [3.05, 3.63) is 57.8 Å². The molecule has 1 saturated heterocycles. The lowest BCUT2D eigenvalue weighted by atomic mass is 10.0. The van der Waals surface area contributed by atoms with Gasteiger partial charge in [0.25, 0.3) is 11.8 Å². The van der Waals surface area contributed by atoms with Gasteiger partial charge in [-0.05, 0) is 50.5 Å². The van der Waals surface area contributed by atoms with Crippen molar-refractivity contribution in [3.8, 4) is 0 Å². The molecule has 138 valence electrons. The van der Waals surface area contributed by atoms with Gasteiger partial charge in [0.2, 0.25) is 0 Å². The average Bonchev–Trinajstić information content (AvgIpc) is 3.12. The maximum atomic E-state index is 12.9. The fourth-order valence-electron chi connectivity index (χ4n) is 3.53. The molecule has 0 spiro atoms. The van der Waals surface area contributed by atoms with E-state index in [1.54, 1.807) is 11.3 Å². The number of amides is 2. The molecule has 0 radical (unpaired) electrons. The molecule has 1 aliphatic heterocycles. The third-order valence-corrected chi connectivity index (χ3v) is 5.88. The van der Waals surface area contributed by atoms with Crippen LogP contribution in [-0.2, 0) is 0 Å². The molecule has 1 aromatic carbocycles. The van der Waals surface area contributed by atoms with Crippen LogP contribution in [0.5, 0.6) is 0 Å². The minimum Gasteiger partial charge on any atom is -0.338 e. The summed E-state index contributed by atoms with van der Waals surface area (Å²) in [4.78, 5) is 31.5. The van der Waals surface area contributed by atoms with E-state index in [1.165, 1.54) is 0 Å². The van der Waals surface area contributed by atoms with Gasteiger partial charge in [-0.15, -0.1) is 11.3 Å². The van der Waals surface area contributed by atoms with Crippen molar-refractivity contribution in [2.24, 2.45) is 0 Å². The largest absolute Gasteiger partial charge is 0.338 e. The zero-order valence-electron chi connectivity index (χ0n) is 15.5. The van der Waals surface area contributed by atoms with E-state index in [4.69, 9.17) is 0 Å². The van der Waals surface area contributed by atoms with Gasteiger partial charge in [0.05, 0.1) is 4.88 Å². The first-order chi connectivity index (χ1) is 12.6. The minimum atomic E-state index is 0.0892. The summed E-state index contributed by atoms with van der Waals surface area (Å²) in [5.41, 5.74) is 0.738. The number of thiophene rings is 1. The van der Waals surface area contributed by atoms with E-state index in [-0.39, 0.29) is 17.9 Å². The first-order valence-electron chi connectivity index (χ1n) is 9.32. The summed E-state index contributed by atoms with van der Waals surface area (Å²) in [7, 11) is 0. The van der Waals surface area contributed by atoms with Crippen LogP contribution in [0.25, 0.3) is 0 Å². The predicted molar refractivity (Wildman–Crippen MR) is 106 cm³/mol. The van der Waals surface area contributed by atoms with Gasteiger partial charge in [-0.3, -0.25) is 9.59 Å². The molecule has 3 rings (SSSR count). The Kier molecular flexibility index (Phi) is 6.09. The van der Waals surface area contributed by atoms with E-state index < -0.39 is 0 Å². The van der Waals surface area contributed by atoms with Gasteiger partial charge < -0.3 is 9.80 Å². The van der Waals surface area contributed by atoms with Gasteiger partial charge in [0, 0.05) is 36.1 Å². The number of hydrogen-bond donors (Lipinski definition) is 0. The van der Waals surface area contributed by atoms with Crippen molar-refractivity contribution in [3.63, 3.8) is 0 Å².